The fraction of sp³-hybridized carbons (Fsp3) is 0.385. The summed E-state index contributed by atoms with van der Waals surface area (Å²) >= 11 is 3.41. The van der Waals surface area contributed by atoms with Gasteiger partial charge in [0.1, 0.15) is 0 Å². The van der Waals surface area contributed by atoms with Gasteiger partial charge in [-0.25, -0.2) is 0 Å². The Labute approximate surface area is 100.0 Å². The predicted molar refractivity (Wildman–Crippen MR) is 67.9 cm³/mol. The fourth-order valence-corrected chi connectivity index (χ4v) is 1.88. The van der Waals surface area contributed by atoms with Gasteiger partial charge >= 0.3 is 0 Å². The first-order chi connectivity index (χ1) is 7.04. The minimum atomic E-state index is -0.435. The van der Waals surface area contributed by atoms with E-state index >= 15 is 0 Å². The zero-order valence-corrected chi connectivity index (χ0v) is 10.8. The van der Waals surface area contributed by atoms with E-state index in [2.05, 4.69) is 29.4 Å². The van der Waals surface area contributed by atoms with Gasteiger partial charge in [-0.1, -0.05) is 41.1 Å². The molecule has 0 amide bonds. The summed E-state index contributed by atoms with van der Waals surface area (Å²) in [5.74, 6) is 0. The van der Waals surface area contributed by atoms with E-state index in [1.54, 1.807) is 0 Å². The Bertz CT molecular complexity index is 358. The van der Waals surface area contributed by atoms with Crippen LogP contribution in [0.15, 0.2) is 34.8 Å². The molecule has 0 aliphatic heterocycles. The van der Waals surface area contributed by atoms with Crippen molar-refractivity contribution < 1.29 is 5.11 Å². The molecule has 1 aromatic carbocycles. The fourth-order valence-electron chi connectivity index (χ4n) is 1.50. The van der Waals surface area contributed by atoms with Gasteiger partial charge in [0.25, 0.3) is 0 Å². The van der Waals surface area contributed by atoms with Crippen LogP contribution < -0.4 is 0 Å². The van der Waals surface area contributed by atoms with Crippen molar-refractivity contribution in [3.05, 3.63) is 46.0 Å². The van der Waals surface area contributed by atoms with Crippen LogP contribution in [0.3, 0.4) is 0 Å². The van der Waals surface area contributed by atoms with E-state index in [1.165, 1.54) is 0 Å². The molecule has 1 unspecified atom stereocenters. The first-order valence-corrected chi connectivity index (χ1v) is 5.94. The molecule has 0 bridgehead atoms. The van der Waals surface area contributed by atoms with Gasteiger partial charge < -0.3 is 5.11 Å². The molecule has 0 aliphatic rings. The molecule has 1 rings (SSSR count). The van der Waals surface area contributed by atoms with Crippen molar-refractivity contribution in [1.82, 2.24) is 0 Å². The van der Waals surface area contributed by atoms with E-state index in [9.17, 15) is 5.11 Å². The Morgan fingerprint density at radius 2 is 2.20 bits per heavy atom. The number of aryl methyl sites for hydroxylation is 1. The summed E-state index contributed by atoms with van der Waals surface area (Å²) in [6.45, 7) is 7.99. The monoisotopic (exact) mass is 268 g/mol. The lowest BCUT2D eigenvalue weighted by Gasteiger charge is -2.14. The second-order valence-electron chi connectivity index (χ2n) is 3.82. The largest absolute Gasteiger partial charge is 0.388 e. The summed E-state index contributed by atoms with van der Waals surface area (Å²) in [7, 11) is 0. The Balaban J connectivity index is 2.85. The molecule has 1 aromatic rings. The van der Waals surface area contributed by atoms with E-state index in [1.807, 2.05) is 25.1 Å². The number of aliphatic hydroxyl groups excluding tert-OH is 1. The van der Waals surface area contributed by atoms with Gasteiger partial charge in [0.15, 0.2) is 0 Å². The summed E-state index contributed by atoms with van der Waals surface area (Å²) in [5, 5.41) is 10.0. The molecule has 1 atom stereocenters. The molecular weight excluding hydrogens is 252 g/mol. The molecule has 0 fully saturated rings. The first-order valence-electron chi connectivity index (χ1n) is 5.15. The molecule has 1 N–H and O–H groups in total. The number of benzene rings is 1. The van der Waals surface area contributed by atoms with Gasteiger partial charge in [-0.05, 0) is 43.0 Å². The van der Waals surface area contributed by atoms with Crippen LogP contribution in [0.25, 0.3) is 0 Å². The maximum absolute atomic E-state index is 10.0. The quantitative estimate of drug-likeness (QED) is 0.814. The molecule has 0 heterocycles. The highest BCUT2D eigenvalue weighted by molar-refractivity contribution is 9.10. The summed E-state index contributed by atoms with van der Waals surface area (Å²) in [5.41, 5.74) is 3.19. The lowest BCUT2D eigenvalue weighted by atomic mass is 9.97. The molecule has 0 saturated heterocycles. The van der Waals surface area contributed by atoms with Crippen molar-refractivity contribution in [2.45, 2.75) is 32.8 Å². The standard InChI is InChI=1S/C13H17BrO/c1-4-9(2)7-13(15)12-8-11(14)6-5-10(12)3/h5-6,8,13,15H,2,4,7H2,1,3H3. The van der Waals surface area contributed by atoms with E-state index < -0.39 is 6.10 Å². The summed E-state index contributed by atoms with van der Waals surface area (Å²) in [6, 6.07) is 5.97. The van der Waals surface area contributed by atoms with Gasteiger partial charge in [-0.3, -0.25) is 0 Å². The summed E-state index contributed by atoms with van der Waals surface area (Å²) in [6.07, 6.45) is 1.13. The SMILES string of the molecule is C=C(CC)CC(O)c1cc(Br)ccc1C. The zero-order chi connectivity index (χ0) is 11.4. The van der Waals surface area contributed by atoms with Crippen LogP contribution in [0.5, 0.6) is 0 Å². The molecule has 0 aliphatic carbocycles. The first kappa shape index (κ1) is 12.5. The Kier molecular flexibility index (Phi) is 4.55. The molecule has 82 valence electrons. The highest BCUT2D eigenvalue weighted by Crippen LogP contribution is 2.26. The smallest absolute Gasteiger partial charge is 0.0829 e. The average Bonchev–Trinajstić information content (AvgIpc) is 2.21. The highest BCUT2D eigenvalue weighted by Gasteiger charge is 2.11. The predicted octanol–water partition coefficient (Wildman–Crippen LogP) is 4.15. The molecule has 0 saturated carbocycles. The zero-order valence-electron chi connectivity index (χ0n) is 9.26. The van der Waals surface area contributed by atoms with Gasteiger partial charge in [-0.2, -0.15) is 0 Å². The van der Waals surface area contributed by atoms with E-state index in [-0.39, 0.29) is 0 Å². The van der Waals surface area contributed by atoms with Crippen LogP contribution in [0.1, 0.15) is 37.0 Å². The van der Waals surface area contributed by atoms with Crippen molar-refractivity contribution in [3.63, 3.8) is 0 Å². The van der Waals surface area contributed by atoms with Gasteiger partial charge in [-0.15, -0.1) is 0 Å². The summed E-state index contributed by atoms with van der Waals surface area (Å²) in [4.78, 5) is 0. The maximum Gasteiger partial charge on any atom is 0.0829 e. The van der Waals surface area contributed by atoms with Crippen LogP contribution in [0.4, 0.5) is 0 Å². The minimum Gasteiger partial charge on any atom is -0.388 e. The van der Waals surface area contributed by atoms with Crippen LogP contribution in [-0.2, 0) is 0 Å². The molecular formula is C13H17BrO. The van der Waals surface area contributed by atoms with E-state index in [0.29, 0.717) is 6.42 Å². The molecule has 15 heavy (non-hydrogen) atoms. The third-order valence-corrected chi connectivity index (χ3v) is 3.08. The molecule has 0 spiro atoms. The van der Waals surface area contributed by atoms with Crippen LogP contribution >= 0.6 is 15.9 Å². The lowest BCUT2D eigenvalue weighted by molar-refractivity contribution is 0.177. The number of rotatable bonds is 4. The van der Waals surface area contributed by atoms with Crippen molar-refractivity contribution >= 4 is 15.9 Å². The Hall–Kier alpha value is -0.600. The number of hydrogen-bond donors (Lipinski definition) is 1. The van der Waals surface area contributed by atoms with Crippen LogP contribution in [-0.4, -0.2) is 5.11 Å². The topological polar surface area (TPSA) is 20.2 Å². The molecule has 0 aromatic heterocycles. The van der Waals surface area contributed by atoms with Gasteiger partial charge in [0.2, 0.25) is 0 Å². The second-order valence-corrected chi connectivity index (χ2v) is 4.74. The lowest BCUT2D eigenvalue weighted by Crippen LogP contribution is -2.01. The molecule has 2 heteroatoms. The third kappa shape index (κ3) is 3.47. The maximum atomic E-state index is 10.0. The number of halogens is 1. The number of aliphatic hydroxyl groups is 1. The second kappa shape index (κ2) is 5.47. The summed E-state index contributed by atoms with van der Waals surface area (Å²) < 4.78 is 1.00. The molecule has 0 radical (unpaired) electrons. The van der Waals surface area contributed by atoms with Crippen LogP contribution in [0, 0.1) is 6.92 Å². The highest BCUT2D eigenvalue weighted by atomic mass is 79.9. The Morgan fingerprint density at radius 1 is 1.53 bits per heavy atom. The van der Waals surface area contributed by atoms with Gasteiger partial charge in [0.05, 0.1) is 6.10 Å². The van der Waals surface area contributed by atoms with Crippen molar-refractivity contribution in [1.29, 1.82) is 0 Å². The van der Waals surface area contributed by atoms with E-state index in [0.717, 1.165) is 27.6 Å². The number of hydrogen-bond acceptors (Lipinski definition) is 1. The van der Waals surface area contributed by atoms with Crippen molar-refractivity contribution in [2.24, 2.45) is 0 Å². The normalized spacial score (nSPS) is 12.5. The van der Waals surface area contributed by atoms with Crippen molar-refractivity contribution in [3.8, 4) is 0 Å². The molecule has 1 nitrogen and oxygen atoms in total. The van der Waals surface area contributed by atoms with E-state index in [4.69, 9.17) is 0 Å². The van der Waals surface area contributed by atoms with Gasteiger partial charge in [0, 0.05) is 4.47 Å². The Morgan fingerprint density at radius 3 is 2.80 bits per heavy atom. The minimum absolute atomic E-state index is 0.435. The average molecular weight is 269 g/mol. The van der Waals surface area contributed by atoms with Crippen molar-refractivity contribution in [2.75, 3.05) is 0 Å². The third-order valence-electron chi connectivity index (χ3n) is 2.58. The van der Waals surface area contributed by atoms with Crippen LogP contribution in [0.2, 0.25) is 0 Å².